The summed E-state index contributed by atoms with van der Waals surface area (Å²) in [6.07, 6.45) is 1.67. The first kappa shape index (κ1) is 14.5. The molecule has 0 amide bonds. The average molecular weight is 325 g/mol. The van der Waals surface area contributed by atoms with Crippen molar-refractivity contribution in [3.63, 3.8) is 0 Å². The van der Waals surface area contributed by atoms with Gasteiger partial charge >= 0.3 is 0 Å². The van der Waals surface area contributed by atoms with E-state index in [1.807, 2.05) is 18.2 Å². The molecule has 0 aliphatic carbocycles. The van der Waals surface area contributed by atoms with Crippen LogP contribution >= 0.6 is 11.5 Å². The molecule has 0 spiro atoms. The first-order valence-electron chi connectivity index (χ1n) is 8.00. The number of hydrogen-bond acceptors (Lipinski definition) is 6. The van der Waals surface area contributed by atoms with Gasteiger partial charge in [-0.15, -0.1) is 0 Å². The van der Waals surface area contributed by atoms with E-state index in [0.717, 1.165) is 60.0 Å². The number of rotatable bonds is 3. The topological polar surface area (TPSA) is 45.2 Å². The van der Waals surface area contributed by atoms with Crippen molar-refractivity contribution in [2.75, 3.05) is 37.6 Å². The molecule has 1 fully saturated rings. The fourth-order valence-electron chi connectivity index (χ4n) is 3.04. The molecule has 4 rings (SSSR count). The van der Waals surface area contributed by atoms with Gasteiger partial charge in [0.15, 0.2) is 5.82 Å². The van der Waals surface area contributed by atoms with Crippen molar-refractivity contribution < 1.29 is 0 Å². The van der Waals surface area contributed by atoms with Gasteiger partial charge in [0, 0.05) is 31.7 Å². The molecule has 1 saturated heterocycles. The lowest BCUT2D eigenvalue weighted by Crippen LogP contribution is -2.46. The maximum Gasteiger partial charge on any atom is 0.151 e. The molecule has 1 aromatic carbocycles. The molecule has 1 aliphatic heterocycles. The van der Waals surface area contributed by atoms with Crippen molar-refractivity contribution in [2.45, 2.75) is 6.92 Å². The van der Waals surface area contributed by atoms with Gasteiger partial charge in [-0.2, -0.15) is 4.37 Å². The van der Waals surface area contributed by atoms with E-state index in [2.05, 4.69) is 43.2 Å². The zero-order valence-corrected chi connectivity index (χ0v) is 14.0. The maximum atomic E-state index is 4.65. The third-order valence-electron chi connectivity index (χ3n) is 4.40. The number of anilines is 1. The maximum absolute atomic E-state index is 4.65. The molecule has 0 atom stereocenters. The van der Waals surface area contributed by atoms with Crippen LogP contribution in [0.1, 0.15) is 6.92 Å². The predicted molar refractivity (Wildman–Crippen MR) is 95.0 cm³/mol. The normalized spacial score (nSPS) is 16.1. The Kier molecular flexibility index (Phi) is 3.93. The summed E-state index contributed by atoms with van der Waals surface area (Å²) in [5, 5.41) is 0. The lowest BCUT2D eigenvalue weighted by molar-refractivity contribution is 0.271. The number of likely N-dealkylation sites (N-methyl/N-ethyl adjacent to an activating group) is 1. The Morgan fingerprint density at radius 2 is 1.83 bits per heavy atom. The van der Waals surface area contributed by atoms with E-state index < -0.39 is 0 Å². The molecule has 6 heteroatoms. The van der Waals surface area contributed by atoms with Crippen LogP contribution in [-0.2, 0) is 0 Å². The van der Waals surface area contributed by atoms with Crippen LogP contribution in [0, 0.1) is 0 Å². The van der Waals surface area contributed by atoms with Crippen LogP contribution < -0.4 is 4.90 Å². The van der Waals surface area contributed by atoms with Crippen LogP contribution in [0.5, 0.6) is 0 Å². The predicted octanol–water partition coefficient (Wildman–Crippen LogP) is 2.90. The average Bonchev–Trinajstić information content (AvgIpc) is 3.07. The van der Waals surface area contributed by atoms with Crippen LogP contribution in [0.4, 0.5) is 5.82 Å². The number of hydrogen-bond donors (Lipinski definition) is 0. The van der Waals surface area contributed by atoms with Crippen molar-refractivity contribution in [1.29, 1.82) is 0 Å². The van der Waals surface area contributed by atoms with E-state index in [0.29, 0.717) is 0 Å². The Hall–Kier alpha value is -2.05. The van der Waals surface area contributed by atoms with Gasteiger partial charge in [-0.05, 0) is 18.1 Å². The lowest BCUT2D eigenvalue weighted by atomic mass is 10.1. The number of fused-ring (bicyclic) bond motifs is 1. The van der Waals surface area contributed by atoms with Crippen molar-refractivity contribution in [2.24, 2.45) is 0 Å². The Morgan fingerprint density at radius 3 is 2.57 bits per heavy atom. The SMILES string of the molecule is CCN1CCN(c2ncnc3c(-c4ccccc4)nsc23)CC1. The summed E-state index contributed by atoms with van der Waals surface area (Å²) in [4.78, 5) is 13.9. The van der Waals surface area contributed by atoms with Gasteiger partial charge in [0.1, 0.15) is 22.2 Å². The number of nitrogens with zero attached hydrogens (tertiary/aromatic N) is 5. The molecular formula is C17H19N5S. The second-order valence-electron chi connectivity index (χ2n) is 5.69. The molecular weight excluding hydrogens is 306 g/mol. The molecule has 0 saturated carbocycles. The highest BCUT2D eigenvalue weighted by Gasteiger charge is 2.21. The third-order valence-corrected chi connectivity index (χ3v) is 5.24. The molecule has 23 heavy (non-hydrogen) atoms. The molecule has 5 nitrogen and oxygen atoms in total. The first-order valence-corrected chi connectivity index (χ1v) is 8.77. The Bertz CT molecular complexity index is 793. The van der Waals surface area contributed by atoms with Gasteiger partial charge in [-0.1, -0.05) is 37.3 Å². The summed E-state index contributed by atoms with van der Waals surface area (Å²) in [5.41, 5.74) is 3.03. The van der Waals surface area contributed by atoms with Crippen molar-refractivity contribution >= 4 is 27.6 Å². The lowest BCUT2D eigenvalue weighted by Gasteiger charge is -2.34. The molecule has 118 valence electrons. The zero-order chi connectivity index (χ0) is 15.6. The van der Waals surface area contributed by atoms with E-state index in [9.17, 15) is 0 Å². The molecule has 0 radical (unpaired) electrons. The minimum atomic E-state index is 0.960. The minimum Gasteiger partial charge on any atom is -0.353 e. The zero-order valence-electron chi connectivity index (χ0n) is 13.1. The highest BCUT2D eigenvalue weighted by Crippen LogP contribution is 2.34. The third kappa shape index (κ3) is 2.68. The number of aromatic nitrogens is 3. The highest BCUT2D eigenvalue weighted by atomic mass is 32.1. The van der Waals surface area contributed by atoms with Gasteiger partial charge < -0.3 is 9.80 Å². The summed E-state index contributed by atoms with van der Waals surface area (Å²) in [5.74, 6) is 1.03. The van der Waals surface area contributed by atoms with E-state index in [1.165, 1.54) is 11.5 Å². The molecule has 2 aromatic heterocycles. The summed E-state index contributed by atoms with van der Waals surface area (Å²) in [7, 11) is 0. The monoisotopic (exact) mass is 325 g/mol. The molecule has 0 bridgehead atoms. The number of piperazine rings is 1. The Balaban J connectivity index is 1.71. The molecule has 3 heterocycles. The van der Waals surface area contributed by atoms with Gasteiger partial charge in [-0.3, -0.25) is 0 Å². The highest BCUT2D eigenvalue weighted by molar-refractivity contribution is 7.14. The molecule has 0 unspecified atom stereocenters. The first-order chi connectivity index (χ1) is 11.4. The van der Waals surface area contributed by atoms with Gasteiger partial charge in [-0.25, -0.2) is 9.97 Å². The summed E-state index contributed by atoms with van der Waals surface area (Å²) >= 11 is 1.51. The molecule has 1 aliphatic rings. The summed E-state index contributed by atoms with van der Waals surface area (Å²) in [6.45, 7) is 7.54. The van der Waals surface area contributed by atoms with Crippen LogP contribution in [0.2, 0.25) is 0 Å². The second kappa shape index (κ2) is 6.22. The van der Waals surface area contributed by atoms with Crippen molar-refractivity contribution in [3.8, 4) is 11.3 Å². The summed E-state index contributed by atoms with van der Waals surface area (Å²) in [6, 6.07) is 10.2. The van der Waals surface area contributed by atoms with Crippen LogP contribution in [0.15, 0.2) is 36.7 Å². The van der Waals surface area contributed by atoms with Gasteiger partial charge in [0.25, 0.3) is 0 Å². The molecule has 3 aromatic rings. The van der Waals surface area contributed by atoms with E-state index in [1.54, 1.807) is 6.33 Å². The van der Waals surface area contributed by atoms with E-state index >= 15 is 0 Å². The molecule has 0 N–H and O–H groups in total. The largest absolute Gasteiger partial charge is 0.353 e. The summed E-state index contributed by atoms with van der Waals surface area (Å²) < 4.78 is 5.75. The fourth-order valence-corrected chi connectivity index (χ4v) is 3.91. The quantitative estimate of drug-likeness (QED) is 0.741. The van der Waals surface area contributed by atoms with Crippen LogP contribution in [0.3, 0.4) is 0 Å². The second-order valence-corrected chi connectivity index (χ2v) is 6.47. The standard InChI is InChI=1S/C17H19N5S/c1-2-21-8-10-22(11-9-21)17-16-15(18-12-19-17)14(20-23-16)13-6-4-3-5-7-13/h3-7,12H,2,8-11H2,1H3. The van der Waals surface area contributed by atoms with Crippen molar-refractivity contribution in [3.05, 3.63) is 36.7 Å². The van der Waals surface area contributed by atoms with E-state index in [4.69, 9.17) is 0 Å². The Labute approximate surface area is 139 Å². The Morgan fingerprint density at radius 1 is 1.04 bits per heavy atom. The van der Waals surface area contributed by atoms with E-state index in [-0.39, 0.29) is 0 Å². The van der Waals surface area contributed by atoms with Gasteiger partial charge in [0.2, 0.25) is 0 Å². The van der Waals surface area contributed by atoms with Gasteiger partial charge in [0.05, 0.1) is 0 Å². The van der Waals surface area contributed by atoms with Crippen LogP contribution in [0.25, 0.3) is 21.5 Å². The minimum absolute atomic E-state index is 0.960. The fraction of sp³-hybridized carbons (Fsp3) is 0.353. The smallest absolute Gasteiger partial charge is 0.151 e. The van der Waals surface area contributed by atoms with Crippen molar-refractivity contribution in [1.82, 2.24) is 19.2 Å². The number of benzene rings is 1. The van der Waals surface area contributed by atoms with Crippen LogP contribution in [-0.4, -0.2) is 52.0 Å².